The maximum absolute atomic E-state index is 12.7. The monoisotopic (exact) mass is 390 g/mol. The van der Waals surface area contributed by atoms with E-state index in [9.17, 15) is 4.79 Å². The molecule has 1 heterocycles. The third-order valence-corrected chi connectivity index (χ3v) is 5.25. The first-order valence-electron chi connectivity index (χ1n) is 8.60. The van der Waals surface area contributed by atoms with Crippen LogP contribution in [0.1, 0.15) is 10.4 Å². The van der Waals surface area contributed by atoms with E-state index in [2.05, 4.69) is 15.7 Å². The minimum Gasteiger partial charge on any atom is -0.494 e. The van der Waals surface area contributed by atoms with Gasteiger partial charge < -0.3 is 10.1 Å². The summed E-state index contributed by atoms with van der Waals surface area (Å²) in [6.07, 6.45) is 0. The molecule has 0 spiro atoms. The van der Waals surface area contributed by atoms with Gasteiger partial charge in [0, 0.05) is 17.3 Å². The fourth-order valence-electron chi connectivity index (χ4n) is 2.94. The van der Waals surface area contributed by atoms with Gasteiger partial charge in [-0.2, -0.15) is 0 Å². The van der Waals surface area contributed by atoms with Crippen LogP contribution in [0.4, 0.5) is 10.8 Å². The smallest absolute Gasteiger partial charge is 0.255 e. The Bertz CT molecular complexity index is 1120. The van der Waals surface area contributed by atoms with E-state index in [1.54, 1.807) is 13.2 Å². The molecule has 0 aliphatic heterocycles. The summed E-state index contributed by atoms with van der Waals surface area (Å²) in [6, 6.07) is 21.2. The zero-order valence-corrected chi connectivity index (χ0v) is 15.9. The summed E-state index contributed by atoms with van der Waals surface area (Å²) in [5, 5.41) is 3.50. The number of thiazole rings is 1. The van der Waals surface area contributed by atoms with Gasteiger partial charge in [0.2, 0.25) is 0 Å². The number of carbonyl (C=O) groups is 1. The van der Waals surface area contributed by atoms with Crippen molar-refractivity contribution in [1.82, 2.24) is 4.98 Å². The maximum atomic E-state index is 12.7. The molecular weight excluding hydrogens is 372 g/mol. The number of nitrogens with one attached hydrogen (secondary N) is 2. The number of anilines is 2. The number of rotatable bonds is 5. The highest BCUT2D eigenvalue weighted by molar-refractivity contribution is 7.22. The molecule has 1 aromatic heterocycles. The zero-order valence-electron chi connectivity index (χ0n) is 15.1. The van der Waals surface area contributed by atoms with Gasteiger partial charge in [-0.15, -0.1) is 0 Å². The van der Waals surface area contributed by atoms with E-state index in [0.29, 0.717) is 27.6 Å². The minimum absolute atomic E-state index is 0.192. The molecule has 0 radical (unpaired) electrons. The quantitative estimate of drug-likeness (QED) is 0.345. The lowest BCUT2D eigenvalue weighted by Crippen LogP contribution is -2.11. The number of fused-ring (bicyclic) bond motifs is 1. The molecule has 4 aromatic rings. The Morgan fingerprint density at radius 2 is 1.75 bits per heavy atom. The van der Waals surface area contributed by atoms with Gasteiger partial charge in [0.15, 0.2) is 5.13 Å². The van der Waals surface area contributed by atoms with Crippen molar-refractivity contribution in [3.8, 4) is 16.9 Å². The van der Waals surface area contributed by atoms with E-state index in [1.807, 2.05) is 60.7 Å². The van der Waals surface area contributed by atoms with Gasteiger partial charge in [-0.25, -0.2) is 10.8 Å². The summed E-state index contributed by atoms with van der Waals surface area (Å²) in [6.45, 7) is 0. The summed E-state index contributed by atoms with van der Waals surface area (Å²) in [5.74, 6) is 5.82. The second-order valence-electron chi connectivity index (χ2n) is 6.09. The van der Waals surface area contributed by atoms with Crippen LogP contribution >= 0.6 is 11.3 Å². The molecule has 0 saturated heterocycles. The highest BCUT2D eigenvalue weighted by Gasteiger charge is 2.13. The van der Waals surface area contributed by atoms with Crippen LogP contribution in [-0.2, 0) is 0 Å². The summed E-state index contributed by atoms with van der Waals surface area (Å²) < 4.78 is 6.27. The van der Waals surface area contributed by atoms with Crippen molar-refractivity contribution in [3.63, 3.8) is 0 Å². The van der Waals surface area contributed by atoms with Crippen LogP contribution in [0.25, 0.3) is 21.3 Å². The second kappa shape index (κ2) is 7.67. The van der Waals surface area contributed by atoms with E-state index in [0.717, 1.165) is 15.8 Å². The lowest BCUT2D eigenvalue weighted by molar-refractivity contribution is 0.102. The number of hydrogen-bond acceptors (Lipinski definition) is 6. The van der Waals surface area contributed by atoms with Crippen molar-refractivity contribution >= 4 is 38.3 Å². The fraction of sp³-hybridized carbons (Fsp3) is 0.0476. The third kappa shape index (κ3) is 3.53. The average Bonchev–Trinajstić information content (AvgIpc) is 3.17. The number of ether oxygens (including phenoxy) is 1. The van der Waals surface area contributed by atoms with Crippen molar-refractivity contribution in [2.24, 2.45) is 5.84 Å². The third-order valence-electron chi connectivity index (χ3n) is 4.32. The number of nitrogen functional groups attached to an aromatic ring is 1. The Labute approximate surface area is 166 Å². The Hall–Kier alpha value is -3.42. The highest BCUT2D eigenvalue weighted by atomic mass is 32.1. The number of methoxy groups -OCH3 is 1. The number of hydrazine groups is 1. The van der Waals surface area contributed by atoms with Crippen LogP contribution in [0.15, 0.2) is 66.7 Å². The van der Waals surface area contributed by atoms with Crippen LogP contribution in [0, 0.1) is 0 Å². The largest absolute Gasteiger partial charge is 0.494 e. The van der Waals surface area contributed by atoms with E-state index < -0.39 is 0 Å². The molecule has 6 nitrogen and oxygen atoms in total. The molecule has 28 heavy (non-hydrogen) atoms. The normalized spacial score (nSPS) is 10.6. The Balaban J connectivity index is 1.58. The molecule has 1 amide bonds. The van der Waals surface area contributed by atoms with Crippen LogP contribution in [0.2, 0.25) is 0 Å². The Morgan fingerprint density at radius 1 is 1.04 bits per heavy atom. The van der Waals surface area contributed by atoms with Crippen molar-refractivity contribution in [3.05, 3.63) is 72.3 Å². The number of carbonyl (C=O) groups excluding carboxylic acids is 1. The number of amides is 1. The molecule has 4 N–H and O–H groups in total. The zero-order chi connectivity index (χ0) is 19.5. The first kappa shape index (κ1) is 18.0. The standard InChI is InChI=1S/C21H18N4O2S/c1-27-17-11-16(12-18-19(17)24-21(25-22)28-18)23-20(26)15-9-7-14(8-10-15)13-5-3-2-4-6-13/h2-12H,22H2,1H3,(H,23,26)(H,24,25). The maximum Gasteiger partial charge on any atom is 0.255 e. The van der Waals surface area contributed by atoms with E-state index in [1.165, 1.54) is 11.3 Å². The molecule has 0 aliphatic carbocycles. The predicted molar refractivity (Wildman–Crippen MR) is 114 cm³/mol. The van der Waals surface area contributed by atoms with Crippen molar-refractivity contribution in [2.75, 3.05) is 17.9 Å². The Kier molecular flexibility index (Phi) is 4.92. The summed E-state index contributed by atoms with van der Waals surface area (Å²) >= 11 is 1.38. The van der Waals surface area contributed by atoms with Crippen molar-refractivity contribution in [1.29, 1.82) is 0 Å². The van der Waals surface area contributed by atoms with Crippen molar-refractivity contribution < 1.29 is 9.53 Å². The first-order chi connectivity index (χ1) is 13.7. The molecular formula is C21H18N4O2S. The molecule has 4 rings (SSSR count). The summed E-state index contributed by atoms with van der Waals surface area (Å²) in [7, 11) is 1.57. The van der Waals surface area contributed by atoms with E-state index >= 15 is 0 Å². The van der Waals surface area contributed by atoms with Gasteiger partial charge in [0.25, 0.3) is 5.91 Å². The van der Waals surface area contributed by atoms with Crippen LogP contribution < -0.4 is 21.3 Å². The number of nitrogens with zero attached hydrogens (tertiary/aromatic N) is 1. The van der Waals surface area contributed by atoms with E-state index in [4.69, 9.17) is 10.6 Å². The fourth-order valence-corrected chi connectivity index (χ4v) is 3.77. The summed E-state index contributed by atoms with van der Waals surface area (Å²) in [4.78, 5) is 17.0. The van der Waals surface area contributed by atoms with Gasteiger partial charge in [0.1, 0.15) is 11.3 Å². The van der Waals surface area contributed by atoms with Gasteiger partial charge in [-0.05, 0) is 29.3 Å². The summed E-state index contributed by atoms with van der Waals surface area (Å²) in [5.41, 5.74) is 6.62. The molecule has 7 heteroatoms. The van der Waals surface area contributed by atoms with Gasteiger partial charge >= 0.3 is 0 Å². The molecule has 0 fully saturated rings. The molecule has 0 unspecified atom stereocenters. The van der Waals surface area contributed by atoms with Gasteiger partial charge in [-0.3, -0.25) is 10.2 Å². The lowest BCUT2D eigenvalue weighted by Gasteiger charge is -2.09. The lowest BCUT2D eigenvalue weighted by atomic mass is 10.0. The first-order valence-corrected chi connectivity index (χ1v) is 9.41. The average molecular weight is 390 g/mol. The molecule has 0 bridgehead atoms. The Morgan fingerprint density at radius 3 is 2.43 bits per heavy atom. The number of aromatic nitrogens is 1. The number of benzene rings is 3. The van der Waals surface area contributed by atoms with Crippen LogP contribution in [0.3, 0.4) is 0 Å². The van der Waals surface area contributed by atoms with Crippen LogP contribution in [-0.4, -0.2) is 18.0 Å². The van der Waals surface area contributed by atoms with Crippen LogP contribution in [0.5, 0.6) is 5.75 Å². The topological polar surface area (TPSA) is 89.3 Å². The molecule has 0 saturated carbocycles. The molecule has 0 aliphatic rings. The number of nitrogens with two attached hydrogens (primary N) is 1. The SMILES string of the molecule is COc1cc(NC(=O)c2ccc(-c3ccccc3)cc2)cc2sc(NN)nc12. The minimum atomic E-state index is -0.192. The molecule has 3 aromatic carbocycles. The molecule has 0 atom stereocenters. The predicted octanol–water partition coefficient (Wildman–Crippen LogP) is 4.51. The van der Waals surface area contributed by atoms with Crippen molar-refractivity contribution in [2.45, 2.75) is 0 Å². The van der Waals surface area contributed by atoms with Gasteiger partial charge in [-0.1, -0.05) is 53.8 Å². The van der Waals surface area contributed by atoms with Gasteiger partial charge in [0.05, 0.1) is 11.8 Å². The highest BCUT2D eigenvalue weighted by Crippen LogP contribution is 2.35. The van der Waals surface area contributed by atoms with E-state index in [-0.39, 0.29) is 5.91 Å². The second-order valence-corrected chi connectivity index (χ2v) is 7.12. The molecule has 140 valence electrons. The number of hydrogen-bond donors (Lipinski definition) is 3.